The molecule has 0 saturated carbocycles. The fraction of sp³-hybridized carbons (Fsp3) is 0.368. The summed E-state index contributed by atoms with van der Waals surface area (Å²) in [7, 11) is 0. The number of nitrogens with one attached hydrogen (secondary N) is 1. The second-order valence-electron chi connectivity index (χ2n) is 6.18. The van der Waals surface area contributed by atoms with E-state index in [9.17, 15) is 4.79 Å². The van der Waals surface area contributed by atoms with Crippen LogP contribution in [0, 0.1) is 18.3 Å². The summed E-state index contributed by atoms with van der Waals surface area (Å²) in [6.07, 6.45) is -0.273. The molecule has 2 heterocycles. The van der Waals surface area contributed by atoms with Crippen molar-refractivity contribution in [3.05, 3.63) is 41.6 Å². The van der Waals surface area contributed by atoms with Gasteiger partial charge < -0.3 is 19.9 Å². The molecule has 140 valence electrons. The molecule has 1 N–H and O–H groups in total. The van der Waals surface area contributed by atoms with Crippen molar-refractivity contribution in [2.75, 3.05) is 43.0 Å². The molecule has 1 aliphatic rings. The van der Waals surface area contributed by atoms with Crippen molar-refractivity contribution in [1.82, 2.24) is 14.9 Å². The van der Waals surface area contributed by atoms with Crippen molar-refractivity contribution < 1.29 is 9.53 Å². The lowest BCUT2D eigenvalue weighted by molar-refractivity contribution is 0.105. The first kappa shape index (κ1) is 18.5. The Morgan fingerprint density at radius 3 is 2.56 bits per heavy atom. The van der Waals surface area contributed by atoms with Gasteiger partial charge in [0.15, 0.2) is 0 Å². The van der Waals surface area contributed by atoms with Crippen LogP contribution in [0.3, 0.4) is 0 Å². The highest BCUT2D eigenvalue weighted by Crippen LogP contribution is 2.20. The highest BCUT2D eigenvalue weighted by atomic mass is 16.6. The van der Waals surface area contributed by atoms with Gasteiger partial charge in [-0.3, -0.25) is 0 Å². The minimum absolute atomic E-state index is 0.273. The molecule has 8 nitrogen and oxygen atoms in total. The molecule has 27 heavy (non-hydrogen) atoms. The lowest BCUT2D eigenvalue weighted by atomic mass is 10.2. The first-order valence-electron chi connectivity index (χ1n) is 8.88. The van der Waals surface area contributed by atoms with Gasteiger partial charge in [-0.05, 0) is 38.1 Å². The van der Waals surface area contributed by atoms with Crippen molar-refractivity contribution in [1.29, 1.82) is 5.26 Å². The number of hydrogen-bond donors (Lipinski definition) is 1. The zero-order valence-corrected chi connectivity index (χ0v) is 15.5. The normalized spacial score (nSPS) is 13.8. The summed E-state index contributed by atoms with van der Waals surface area (Å²) in [5.41, 5.74) is 2.31. The standard InChI is InChI=1S/C19H22N6O2/c1-3-27-19(26)25-10-8-24(9-11-25)18-21-14(2)12-17(23-18)22-16-6-4-15(13-20)5-7-16/h4-7,12H,3,8-11H2,1-2H3,(H,21,22,23). The molecule has 1 amide bonds. The molecule has 1 aliphatic heterocycles. The number of carbonyl (C=O) groups excluding carboxylic acids is 1. The predicted molar refractivity (Wildman–Crippen MR) is 102 cm³/mol. The Kier molecular flexibility index (Phi) is 5.71. The Morgan fingerprint density at radius 1 is 1.22 bits per heavy atom. The smallest absolute Gasteiger partial charge is 0.409 e. The average Bonchev–Trinajstić information content (AvgIpc) is 2.68. The largest absolute Gasteiger partial charge is 0.450 e. The lowest BCUT2D eigenvalue weighted by Crippen LogP contribution is -2.49. The Morgan fingerprint density at radius 2 is 1.93 bits per heavy atom. The van der Waals surface area contributed by atoms with Crippen LogP contribution in [0.4, 0.5) is 22.2 Å². The van der Waals surface area contributed by atoms with E-state index in [0.717, 1.165) is 11.4 Å². The number of carbonyl (C=O) groups is 1. The predicted octanol–water partition coefficient (Wildman–Crippen LogP) is 2.68. The van der Waals surface area contributed by atoms with Gasteiger partial charge in [0.05, 0.1) is 18.2 Å². The van der Waals surface area contributed by atoms with Gasteiger partial charge in [0, 0.05) is 43.6 Å². The minimum atomic E-state index is -0.273. The Balaban J connectivity index is 1.68. The van der Waals surface area contributed by atoms with Crippen LogP contribution in [0.1, 0.15) is 18.2 Å². The molecule has 1 aromatic heterocycles. The lowest BCUT2D eigenvalue weighted by Gasteiger charge is -2.34. The van der Waals surface area contributed by atoms with E-state index in [2.05, 4.69) is 26.3 Å². The average molecular weight is 366 g/mol. The number of aromatic nitrogens is 2. The fourth-order valence-corrected chi connectivity index (χ4v) is 2.84. The number of ether oxygens (including phenoxy) is 1. The van der Waals surface area contributed by atoms with Crippen LogP contribution in [0.15, 0.2) is 30.3 Å². The second kappa shape index (κ2) is 8.36. The third kappa shape index (κ3) is 4.64. The molecule has 1 saturated heterocycles. The zero-order valence-electron chi connectivity index (χ0n) is 15.5. The summed E-state index contributed by atoms with van der Waals surface area (Å²) >= 11 is 0. The first-order valence-corrected chi connectivity index (χ1v) is 8.88. The monoisotopic (exact) mass is 366 g/mol. The van der Waals surface area contributed by atoms with E-state index < -0.39 is 0 Å². The van der Waals surface area contributed by atoms with Crippen molar-refractivity contribution in [3.8, 4) is 6.07 Å². The number of nitriles is 1. The highest BCUT2D eigenvalue weighted by molar-refractivity contribution is 5.68. The van der Waals surface area contributed by atoms with Crippen LogP contribution >= 0.6 is 0 Å². The topological polar surface area (TPSA) is 94.4 Å². The number of aryl methyl sites for hydroxylation is 1. The van der Waals surface area contributed by atoms with Crippen LogP contribution in [0.25, 0.3) is 0 Å². The summed E-state index contributed by atoms with van der Waals surface area (Å²) in [5.74, 6) is 1.32. The summed E-state index contributed by atoms with van der Waals surface area (Å²) in [5, 5.41) is 12.1. The molecule has 1 fully saturated rings. The van der Waals surface area contributed by atoms with Crippen LogP contribution in [0.5, 0.6) is 0 Å². The molecule has 1 aromatic carbocycles. The SMILES string of the molecule is CCOC(=O)N1CCN(c2nc(C)cc(Nc3ccc(C#N)cc3)n2)CC1. The van der Waals surface area contributed by atoms with Crippen molar-refractivity contribution >= 4 is 23.5 Å². The van der Waals surface area contributed by atoms with Crippen LogP contribution < -0.4 is 10.2 Å². The molecule has 0 bridgehead atoms. The van der Waals surface area contributed by atoms with E-state index in [1.54, 1.807) is 24.0 Å². The van der Waals surface area contributed by atoms with Gasteiger partial charge in [-0.15, -0.1) is 0 Å². The summed E-state index contributed by atoms with van der Waals surface area (Å²) in [6.45, 7) is 6.56. The molecule has 0 unspecified atom stereocenters. The number of rotatable bonds is 4. The molecular weight excluding hydrogens is 344 g/mol. The third-order valence-corrected chi connectivity index (χ3v) is 4.22. The van der Waals surface area contributed by atoms with E-state index in [-0.39, 0.29) is 6.09 Å². The highest BCUT2D eigenvalue weighted by Gasteiger charge is 2.23. The van der Waals surface area contributed by atoms with E-state index >= 15 is 0 Å². The molecule has 0 aliphatic carbocycles. The Labute approximate surface area is 158 Å². The van der Waals surface area contributed by atoms with Crippen LogP contribution in [-0.4, -0.2) is 53.7 Å². The number of hydrogen-bond acceptors (Lipinski definition) is 7. The van der Waals surface area contributed by atoms with Gasteiger partial charge in [-0.25, -0.2) is 9.78 Å². The van der Waals surface area contributed by atoms with Gasteiger partial charge in [0.2, 0.25) is 5.95 Å². The fourth-order valence-electron chi connectivity index (χ4n) is 2.84. The number of anilines is 3. The molecule has 0 atom stereocenters. The number of benzene rings is 1. The number of piperazine rings is 1. The third-order valence-electron chi connectivity index (χ3n) is 4.22. The van der Waals surface area contributed by atoms with Crippen molar-refractivity contribution in [3.63, 3.8) is 0 Å². The molecule has 0 radical (unpaired) electrons. The first-order chi connectivity index (χ1) is 13.1. The minimum Gasteiger partial charge on any atom is -0.450 e. The van der Waals surface area contributed by atoms with Gasteiger partial charge in [-0.2, -0.15) is 10.2 Å². The number of nitrogens with zero attached hydrogens (tertiary/aromatic N) is 5. The van der Waals surface area contributed by atoms with Gasteiger partial charge >= 0.3 is 6.09 Å². The summed E-state index contributed by atoms with van der Waals surface area (Å²) in [4.78, 5) is 24.7. The summed E-state index contributed by atoms with van der Waals surface area (Å²) < 4.78 is 5.05. The van der Waals surface area contributed by atoms with Gasteiger partial charge in [-0.1, -0.05) is 0 Å². The second-order valence-corrected chi connectivity index (χ2v) is 6.18. The van der Waals surface area contributed by atoms with E-state index in [0.29, 0.717) is 50.1 Å². The zero-order chi connectivity index (χ0) is 19.2. The number of amides is 1. The molecule has 3 rings (SSSR count). The Bertz CT molecular complexity index is 838. The maximum atomic E-state index is 11.8. The van der Waals surface area contributed by atoms with Gasteiger partial charge in [0.1, 0.15) is 5.82 Å². The van der Waals surface area contributed by atoms with Crippen LogP contribution in [-0.2, 0) is 4.74 Å². The maximum Gasteiger partial charge on any atom is 0.409 e. The van der Waals surface area contributed by atoms with Crippen molar-refractivity contribution in [2.24, 2.45) is 0 Å². The van der Waals surface area contributed by atoms with E-state index in [1.165, 1.54) is 0 Å². The Hall–Kier alpha value is -3.34. The van der Waals surface area contributed by atoms with Crippen LogP contribution in [0.2, 0.25) is 0 Å². The van der Waals surface area contributed by atoms with E-state index in [1.807, 2.05) is 25.1 Å². The van der Waals surface area contributed by atoms with Gasteiger partial charge in [0.25, 0.3) is 0 Å². The maximum absolute atomic E-state index is 11.8. The molecule has 2 aromatic rings. The van der Waals surface area contributed by atoms with E-state index in [4.69, 9.17) is 10.00 Å². The molecule has 0 spiro atoms. The quantitative estimate of drug-likeness (QED) is 0.889. The molecular formula is C19H22N6O2. The summed E-state index contributed by atoms with van der Waals surface area (Å²) in [6, 6.07) is 11.2. The molecule has 8 heteroatoms. The van der Waals surface area contributed by atoms with Crippen molar-refractivity contribution in [2.45, 2.75) is 13.8 Å².